The van der Waals surface area contributed by atoms with Crippen molar-refractivity contribution in [3.8, 4) is 0 Å². The van der Waals surface area contributed by atoms with Gasteiger partial charge in [0.05, 0.1) is 17.5 Å². The number of pyridine rings is 1. The van der Waals surface area contributed by atoms with Crippen molar-refractivity contribution < 1.29 is 17.9 Å². The lowest BCUT2D eigenvalue weighted by molar-refractivity contribution is 0.0255. The SMILES string of the molecule is CC(C)(C)OC(=O)N1CCC[C@@H](N(Cc2ccccn2)S(=O)(=O)C2CC2)CC1. The first-order valence-corrected chi connectivity index (χ1v) is 11.6. The normalized spacial score (nSPS) is 21.4. The maximum Gasteiger partial charge on any atom is 0.410 e. The number of ether oxygens (including phenoxy) is 1. The molecule has 1 aliphatic carbocycles. The molecule has 7 nitrogen and oxygen atoms in total. The van der Waals surface area contributed by atoms with Gasteiger partial charge in [0.1, 0.15) is 5.60 Å². The van der Waals surface area contributed by atoms with E-state index in [0.717, 1.165) is 31.4 Å². The molecule has 1 atom stereocenters. The molecule has 1 aliphatic heterocycles. The number of amides is 1. The van der Waals surface area contributed by atoms with Gasteiger partial charge in [0.15, 0.2) is 0 Å². The molecule has 0 aromatic carbocycles. The number of carbonyl (C=O) groups is 1. The van der Waals surface area contributed by atoms with E-state index in [1.807, 2.05) is 39.0 Å². The van der Waals surface area contributed by atoms with Crippen LogP contribution < -0.4 is 0 Å². The Morgan fingerprint density at radius 1 is 1.21 bits per heavy atom. The molecule has 1 aromatic rings. The molecule has 0 unspecified atom stereocenters. The maximum absolute atomic E-state index is 13.1. The number of aromatic nitrogens is 1. The summed E-state index contributed by atoms with van der Waals surface area (Å²) >= 11 is 0. The van der Waals surface area contributed by atoms with Crippen molar-refractivity contribution in [3.05, 3.63) is 30.1 Å². The van der Waals surface area contributed by atoms with E-state index in [1.54, 1.807) is 15.4 Å². The molecule has 0 radical (unpaired) electrons. The van der Waals surface area contributed by atoms with Crippen molar-refractivity contribution >= 4 is 16.1 Å². The highest BCUT2D eigenvalue weighted by atomic mass is 32.2. The monoisotopic (exact) mass is 409 g/mol. The first kappa shape index (κ1) is 21.0. The zero-order valence-corrected chi connectivity index (χ0v) is 17.8. The van der Waals surface area contributed by atoms with Gasteiger partial charge >= 0.3 is 6.09 Å². The summed E-state index contributed by atoms with van der Waals surface area (Å²) < 4.78 is 33.3. The second-order valence-electron chi connectivity index (χ2n) is 8.66. The Balaban J connectivity index is 1.73. The average molecular weight is 410 g/mol. The summed E-state index contributed by atoms with van der Waals surface area (Å²) in [4.78, 5) is 18.4. The van der Waals surface area contributed by atoms with Gasteiger partial charge in [-0.05, 0) is 65.0 Å². The largest absolute Gasteiger partial charge is 0.444 e. The molecule has 0 bridgehead atoms. The van der Waals surface area contributed by atoms with Crippen LogP contribution in [0.1, 0.15) is 58.6 Å². The number of rotatable bonds is 5. The maximum atomic E-state index is 13.1. The van der Waals surface area contributed by atoms with Crippen LogP contribution >= 0.6 is 0 Å². The Hall–Kier alpha value is -1.67. The predicted molar refractivity (Wildman–Crippen MR) is 107 cm³/mol. The summed E-state index contributed by atoms with van der Waals surface area (Å²) in [6.45, 7) is 6.93. The number of likely N-dealkylation sites (tertiary alicyclic amines) is 1. The molecule has 3 rings (SSSR count). The van der Waals surface area contributed by atoms with E-state index in [4.69, 9.17) is 4.74 Å². The van der Waals surface area contributed by atoms with Crippen LogP contribution in [0.15, 0.2) is 24.4 Å². The number of hydrogen-bond donors (Lipinski definition) is 0. The van der Waals surface area contributed by atoms with Crippen LogP contribution in [0.3, 0.4) is 0 Å². The van der Waals surface area contributed by atoms with Crippen molar-refractivity contribution in [2.45, 2.75) is 76.3 Å². The molecule has 156 valence electrons. The van der Waals surface area contributed by atoms with Gasteiger partial charge in [-0.25, -0.2) is 13.2 Å². The fourth-order valence-corrected chi connectivity index (χ4v) is 5.56. The van der Waals surface area contributed by atoms with Crippen LogP contribution in [0.5, 0.6) is 0 Å². The summed E-state index contributed by atoms with van der Waals surface area (Å²) in [6.07, 6.45) is 4.93. The van der Waals surface area contributed by atoms with E-state index < -0.39 is 15.6 Å². The molecule has 0 spiro atoms. The van der Waals surface area contributed by atoms with E-state index in [2.05, 4.69) is 4.98 Å². The van der Waals surface area contributed by atoms with Gasteiger partial charge in [0, 0.05) is 25.3 Å². The van der Waals surface area contributed by atoms with Crippen molar-refractivity contribution in [2.75, 3.05) is 13.1 Å². The second kappa shape index (κ2) is 8.37. The van der Waals surface area contributed by atoms with Crippen molar-refractivity contribution in [3.63, 3.8) is 0 Å². The van der Waals surface area contributed by atoms with E-state index in [9.17, 15) is 13.2 Å². The van der Waals surface area contributed by atoms with Crippen LogP contribution in [0.25, 0.3) is 0 Å². The van der Waals surface area contributed by atoms with Gasteiger partial charge in [0.25, 0.3) is 0 Å². The molecule has 28 heavy (non-hydrogen) atoms. The molecule has 1 saturated heterocycles. The lowest BCUT2D eigenvalue weighted by Gasteiger charge is -2.30. The first-order valence-electron chi connectivity index (χ1n) is 10.1. The third-order valence-electron chi connectivity index (χ3n) is 5.07. The standard InChI is InChI=1S/C20H31N3O4S/c1-20(2,3)27-19(24)22-13-6-8-17(11-14-22)23(28(25,26)18-9-10-18)15-16-7-4-5-12-21-16/h4-5,7,12,17-18H,6,8-11,13-15H2,1-3H3/t17-/m1/s1. The molecule has 2 fully saturated rings. The highest BCUT2D eigenvalue weighted by Gasteiger charge is 2.43. The Morgan fingerprint density at radius 2 is 1.96 bits per heavy atom. The minimum atomic E-state index is -3.35. The van der Waals surface area contributed by atoms with Gasteiger partial charge in [0.2, 0.25) is 10.0 Å². The molecule has 0 N–H and O–H groups in total. The molecule has 8 heteroatoms. The summed E-state index contributed by atoms with van der Waals surface area (Å²) in [6, 6.07) is 5.44. The van der Waals surface area contributed by atoms with E-state index in [0.29, 0.717) is 19.5 Å². The number of hydrogen-bond acceptors (Lipinski definition) is 5. The molecule has 1 aromatic heterocycles. The summed E-state index contributed by atoms with van der Waals surface area (Å²) in [5.41, 5.74) is 0.211. The van der Waals surface area contributed by atoms with Gasteiger partial charge < -0.3 is 9.64 Å². The molecular weight excluding hydrogens is 378 g/mol. The number of nitrogens with zero attached hydrogens (tertiary/aromatic N) is 3. The van der Waals surface area contributed by atoms with Crippen LogP contribution in [0, 0.1) is 0 Å². The summed E-state index contributed by atoms with van der Waals surface area (Å²) in [5.74, 6) is 0. The lowest BCUT2D eigenvalue weighted by atomic mass is 10.1. The molecule has 2 aliphatic rings. The highest BCUT2D eigenvalue weighted by molar-refractivity contribution is 7.90. The first-order chi connectivity index (χ1) is 13.2. The Kier molecular flexibility index (Phi) is 6.29. The summed E-state index contributed by atoms with van der Waals surface area (Å²) in [5, 5.41) is -0.263. The van der Waals surface area contributed by atoms with Crippen molar-refractivity contribution in [1.82, 2.24) is 14.2 Å². The average Bonchev–Trinajstić information content (AvgIpc) is 3.45. The topological polar surface area (TPSA) is 79.8 Å². The third-order valence-corrected chi connectivity index (χ3v) is 7.47. The van der Waals surface area contributed by atoms with Crippen molar-refractivity contribution in [2.24, 2.45) is 0 Å². The van der Waals surface area contributed by atoms with Crippen molar-refractivity contribution in [1.29, 1.82) is 0 Å². The molecule has 1 amide bonds. The smallest absolute Gasteiger partial charge is 0.410 e. The van der Waals surface area contributed by atoms with Gasteiger partial charge in [-0.15, -0.1) is 0 Å². The molecule has 1 saturated carbocycles. The Labute approximate surface area is 168 Å². The van der Waals surface area contributed by atoms with Crippen LogP contribution in [-0.2, 0) is 21.3 Å². The van der Waals surface area contributed by atoms with E-state index in [1.165, 1.54) is 0 Å². The van der Waals surface area contributed by atoms with Gasteiger partial charge in [-0.2, -0.15) is 4.31 Å². The molecular formula is C20H31N3O4S. The third kappa shape index (κ3) is 5.44. The Bertz CT molecular complexity index is 772. The van der Waals surface area contributed by atoms with Crippen LogP contribution in [0.2, 0.25) is 0 Å². The quantitative estimate of drug-likeness (QED) is 0.746. The summed E-state index contributed by atoms with van der Waals surface area (Å²) in [7, 11) is -3.35. The van der Waals surface area contributed by atoms with Crippen LogP contribution in [0.4, 0.5) is 4.79 Å². The molecule has 2 heterocycles. The number of carbonyl (C=O) groups excluding carboxylic acids is 1. The van der Waals surface area contributed by atoms with E-state index >= 15 is 0 Å². The second-order valence-corrected chi connectivity index (χ2v) is 10.8. The predicted octanol–water partition coefficient (Wildman–Crippen LogP) is 3.17. The van der Waals surface area contributed by atoms with Gasteiger partial charge in [-0.1, -0.05) is 6.07 Å². The minimum absolute atomic E-state index is 0.125. The zero-order valence-electron chi connectivity index (χ0n) is 17.0. The van der Waals surface area contributed by atoms with Crippen LogP contribution in [-0.4, -0.2) is 58.7 Å². The minimum Gasteiger partial charge on any atom is -0.444 e. The number of sulfonamides is 1. The van der Waals surface area contributed by atoms with E-state index in [-0.39, 0.29) is 23.9 Å². The Morgan fingerprint density at radius 3 is 2.57 bits per heavy atom. The fourth-order valence-electron chi connectivity index (χ4n) is 3.51. The fraction of sp³-hybridized carbons (Fsp3) is 0.700. The zero-order chi connectivity index (χ0) is 20.4. The highest BCUT2D eigenvalue weighted by Crippen LogP contribution is 2.34. The van der Waals surface area contributed by atoms with Gasteiger partial charge in [-0.3, -0.25) is 4.98 Å². The lowest BCUT2D eigenvalue weighted by Crippen LogP contribution is -2.43.